The molecule has 1 fully saturated rings. The molecule has 1 saturated heterocycles. The van der Waals surface area contributed by atoms with Crippen molar-refractivity contribution in [1.82, 2.24) is 4.90 Å². The molecule has 200 valence electrons. The summed E-state index contributed by atoms with van der Waals surface area (Å²) in [5, 5.41) is 1.88. The summed E-state index contributed by atoms with van der Waals surface area (Å²) >= 11 is 11.4. The second-order valence-corrected chi connectivity index (χ2v) is 9.96. The molecule has 1 amide bonds. The van der Waals surface area contributed by atoms with E-state index in [2.05, 4.69) is 5.16 Å². The summed E-state index contributed by atoms with van der Waals surface area (Å²) in [6.07, 6.45) is -12.5. The van der Waals surface area contributed by atoms with Crippen LogP contribution in [0.2, 0.25) is 10.0 Å². The van der Waals surface area contributed by atoms with Gasteiger partial charge in [-0.3, -0.25) is 4.79 Å². The van der Waals surface area contributed by atoms with Gasteiger partial charge in [-0.05, 0) is 23.3 Å². The summed E-state index contributed by atoms with van der Waals surface area (Å²) in [4.78, 5) is 18.5. The predicted octanol–water partition coefficient (Wildman–Crippen LogP) is 7.47. The number of likely N-dealkylation sites (tertiary alicyclic amines) is 1. The number of halogens is 9. The van der Waals surface area contributed by atoms with Crippen LogP contribution in [-0.4, -0.2) is 35.4 Å². The van der Waals surface area contributed by atoms with Gasteiger partial charge < -0.3 is 9.74 Å². The molecular formula is C24H19Cl2F7N2O2. The largest absolute Gasteiger partial charge is 0.435 e. The fourth-order valence-corrected chi connectivity index (χ4v) is 4.80. The molecule has 3 atom stereocenters. The Morgan fingerprint density at radius 1 is 1.11 bits per heavy atom. The monoisotopic (exact) mass is 570 g/mol. The molecule has 13 heteroatoms. The minimum atomic E-state index is -5.18. The molecule has 4 rings (SSSR count). The van der Waals surface area contributed by atoms with Crippen molar-refractivity contribution in [2.45, 2.75) is 50.4 Å². The minimum absolute atomic E-state index is 0.0539. The first kappa shape index (κ1) is 27.5. The number of carbonyl (C=O) groups excluding carboxylic acids is 1. The number of nitrogens with zero attached hydrogens (tertiary/aromatic N) is 2. The molecular weight excluding hydrogens is 552 g/mol. The molecule has 2 aliphatic heterocycles. The van der Waals surface area contributed by atoms with Crippen LogP contribution in [0.15, 0.2) is 41.6 Å². The van der Waals surface area contributed by atoms with E-state index in [1.807, 2.05) is 0 Å². The zero-order valence-electron chi connectivity index (χ0n) is 19.2. The maximum atomic E-state index is 14.3. The molecule has 2 aromatic carbocycles. The maximum Gasteiger partial charge on any atom is 0.435 e. The quantitative estimate of drug-likeness (QED) is 0.358. The van der Waals surface area contributed by atoms with Gasteiger partial charge in [-0.25, -0.2) is 4.39 Å². The second kappa shape index (κ2) is 9.34. The van der Waals surface area contributed by atoms with Crippen molar-refractivity contribution in [3.05, 3.63) is 68.7 Å². The van der Waals surface area contributed by atoms with E-state index in [0.717, 1.165) is 0 Å². The van der Waals surface area contributed by atoms with E-state index < -0.39 is 57.8 Å². The SMILES string of the molecule is CC(C)C(=O)N1CC(F)C1c1ccc(C2=NOC(c3cc(Cl)c(Cl)c(C(F)(F)F)c3)(C(F)(F)F)C2)cc1. The van der Waals surface area contributed by atoms with Gasteiger partial charge in [-0.15, -0.1) is 0 Å². The Morgan fingerprint density at radius 2 is 1.73 bits per heavy atom. The highest BCUT2D eigenvalue weighted by Crippen LogP contribution is 2.51. The van der Waals surface area contributed by atoms with Crippen molar-refractivity contribution in [2.75, 3.05) is 6.54 Å². The van der Waals surface area contributed by atoms with Crippen LogP contribution >= 0.6 is 23.2 Å². The van der Waals surface area contributed by atoms with Crippen molar-refractivity contribution in [3.63, 3.8) is 0 Å². The van der Waals surface area contributed by atoms with Crippen molar-refractivity contribution >= 4 is 34.8 Å². The lowest BCUT2D eigenvalue weighted by atomic mass is 9.85. The summed E-state index contributed by atoms with van der Waals surface area (Å²) < 4.78 is 97.3. The van der Waals surface area contributed by atoms with Crippen LogP contribution in [0, 0.1) is 5.92 Å². The maximum absolute atomic E-state index is 14.3. The number of rotatable bonds is 4. The number of hydrogen-bond donors (Lipinski definition) is 0. The van der Waals surface area contributed by atoms with E-state index >= 15 is 0 Å². The van der Waals surface area contributed by atoms with E-state index in [0.29, 0.717) is 11.6 Å². The van der Waals surface area contributed by atoms with Gasteiger partial charge in [0.05, 0.1) is 33.9 Å². The van der Waals surface area contributed by atoms with Crippen LogP contribution in [0.25, 0.3) is 0 Å². The summed E-state index contributed by atoms with van der Waals surface area (Å²) in [5.41, 5.74) is -5.25. The van der Waals surface area contributed by atoms with Crippen LogP contribution in [0.4, 0.5) is 30.7 Å². The minimum Gasteiger partial charge on any atom is -0.374 e. The van der Waals surface area contributed by atoms with E-state index in [1.165, 1.54) is 29.2 Å². The molecule has 3 unspecified atom stereocenters. The average Bonchev–Trinajstić information content (AvgIpc) is 3.25. The van der Waals surface area contributed by atoms with Gasteiger partial charge in [-0.1, -0.05) is 66.5 Å². The number of carbonyl (C=O) groups is 1. The highest BCUT2D eigenvalue weighted by molar-refractivity contribution is 6.42. The Hall–Kier alpha value is -2.53. The topological polar surface area (TPSA) is 41.9 Å². The number of hydrogen-bond acceptors (Lipinski definition) is 3. The smallest absolute Gasteiger partial charge is 0.374 e. The average molecular weight is 571 g/mol. The molecule has 0 aliphatic carbocycles. The molecule has 0 saturated carbocycles. The molecule has 2 aromatic rings. The fraction of sp³-hybridized carbons (Fsp3) is 0.417. The Balaban J connectivity index is 1.64. The van der Waals surface area contributed by atoms with E-state index in [9.17, 15) is 35.5 Å². The Kier molecular flexibility index (Phi) is 6.94. The van der Waals surface area contributed by atoms with Gasteiger partial charge >= 0.3 is 12.4 Å². The molecule has 0 aromatic heterocycles. The third kappa shape index (κ3) is 4.76. The van der Waals surface area contributed by atoms with Gasteiger partial charge in [0, 0.05) is 17.9 Å². The van der Waals surface area contributed by atoms with Crippen LogP contribution < -0.4 is 0 Å². The van der Waals surface area contributed by atoms with Crippen molar-refractivity contribution in [2.24, 2.45) is 11.1 Å². The lowest BCUT2D eigenvalue weighted by Gasteiger charge is -2.45. The summed E-state index contributed by atoms with van der Waals surface area (Å²) in [5.74, 6) is -0.569. The Labute approximate surface area is 217 Å². The zero-order chi connectivity index (χ0) is 27.5. The normalized spacial score (nSPS) is 24.1. The lowest BCUT2D eigenvalue weighted by molar-refractivity contribution is -0.276. The second-order valence-electron chi connectivity index (χ2n) is 9.18. The highest BCUT2D eigenvalue weighted by Gasteiger charge is 2.63. The molecule has 0 bridgehead atoms. The van der Waals surface area contributed by atoms with E-state index in [4.69, 9.17) is 28.0 Å². The van der Waals surface area contributed by atoms with Gasteiger partial charge in [0.2, 0.25) is 5.91 Å². The van der Waals surface area contributed by atoms with Gasteiger partial charge in [0.1, 0.15) is 6.17 Å². The first-order chi connectivity index (χ1) is 17.1. The summed E-state index contributed by atoms with van der Waals surface area (Å²) in [6.45, 7) is 3.32. The van der Waals surface area contributed by atoms with Gasteiger partial charge in [0.15, 0.2) is 0 Å². The van der Waals surface area contributed by atoms with Crippen LogP contribution in [-0.2, 0) is 21.4 Å². The third-order valence-electron chi connectivity index (χ3n) is 6.40. The summed E-state index contributed by atoms with van der Waals surface area (Å²) in [7, 11) is 0. The molecule has 0 radical (unpaired) electrons. The van der Waals surface area contributed by atoms with Crippen LogP contribution in [0.1, 0.15) is 48.6 Å². The highest BCUT2D eigenvalue weighted by atomic mass is 35.5. The van der Waals surface area contributed by atoms with Crippen molar-refractivity contribution < 1.29 is 40.4 Å². The van der Waals surface area contributed by atoms with E-state index in [-0.39, 0.29) is 35.7 Å². The molecule has 2 heterocycles. The van der Waals surface area contributed by atoms with Crippen molar-refractivity contribution in [1.29, 1.82) is 0 Å². The number of benzene rings is 2. The van der Waals surface area contributed by atoms with Crippen LogP contribution in [0.3, 0.4) is 0 Å². The summed E-state index contributed by atoms with van der Waals surface area (Å²) in [6, 6.07) is 5.81. The van der Waals surface area contributed by atoms with E-state index in [1.54, 1.807) is 13.8 Å². The fourth-order valence-electron chi connectivity index (χ4n) is 4.37. The third-order valence-corrected chi connectivity index (χ3v) is 7.20. The lowest BCUT2D eigenvalue weighted by Crippen LogP contribution is -2.55. The van der Waals surface area contributed by atoms with Crippen LogP contribution in [0.5, 0.6) is 0 Å². The Bertz CT molecular complexity index is 1250. The molecule has 0 spiro atoms. The number of oxime groups is 1. The first-order valence-electron chi connectivity index (χ1n) is 11.0. The van der Waals surface area contributed by atoms with Gasteiger partial charge in [0.25, 0.3) is 5.60 Å². The molecule has 4 nitrogen and oxygen atoms in total. The predicted molar refractivity (Wildman–Crippen MR) is 122 cm³/mol. The molecule has 37 heavy (non-hydrogen) atoms. The number of amides is 1. The first-order valence-corrected chi connectivity index (χ1v) is 11.8. The standard InChI is InChI=1S/C24H19Cl2F7N2O2/c1-11(2)21(36)35-10-17(27)20(35)13-5-3-12(4-6-13)18-9-22(37-34-18,24(31,32)33)14-7-15(23(28,29)30)19(26)16(25)8-14/h3-8,11,17,20H,9-10H2,1-2H3. The molecule has 0 N–H and O–H groups in total. The Morgan fingerprint density at radius 3 is 2.24 bits per heavy atom. The number of alkyl halides is 7. The van der Waals surface area contributed by atoms with Gasteiger partial charge in [-0.2, -0.15) is 26.3 Å². The molecule has 2 aliphatic rings. The zero-order valence-corrected chi connectivity index (χ0v) is 20.7. The van der Waals surface area contributed by atoms with Crippen molar-refractivity contribution in [3.8, 4) is 0 Å².